The van der Waals surface area contributed by atoms with Gasteiger partial charge in [0.1, 0.15) is 12.7 Å². The van der Waals surface area contributed by atoms with E-state index in [-0.39, 0.29) is 41.6 Å². The van der Waals surface area contributed by atoms with Gasteiger partial charge in [0.25, 0.3) is 0 Å². The number of hydrogen-bond donors (Lipinski definition) is 1. The fraction of sp³-hybridized carbons (Fsp3) is 0.423. The molecule has 2 aliphatic rings. The Labute approximate surface area is 228 Å². The number of urea groups is 1. The minimum absolute atomic E-state index is 0.0688. The van der Waals surface area contributed by atoms with Crippen molar-refractivity contribution in [2.24, 2.45) is 0 Å². The molecule has 1 atom stereocenters. The number of ether oxygens (including phenoxy) is 3. The van der Waals surface area contributed by atoms with Crippen LogP contribution in [-0.4, -0.2) is 71.2 Å². The fourth-order valence-corrected chi connectivity index (χ4v) is 4.35. The summed E-state index contributed by atoms with van der Waals surface area (Å²) < 4.78 is 56.6. The zero-order valence-electron chi connectivity index (χ0n) is 22.1. The van der Waals surface area contributed by atoms with Crippen molar-refractivity contribution in [3.05, 3.63) is 48.4 Å². The van der Waals surface area contributed by atoms with E-state index in [0.717, 1.165) is 12.1 Å². The highest BCUT2D eigenvalue weighted by Crippen LogP contribution is 2.34. The molecule has 2 aromatic heterocycles. The molecule has 14 heteroatoms. The molecule has 40 heavy (non-hydrogen) atoms. The second-order valence-electron chi connectivity index (χ2n) is 9.84. The first-order chi connectivity index (χ1) is 19.0. The van der Waals surface area contributed by atoms with Crippen molar-refractivity contribution in [3.8, 4) is 17.3 Å². The Morgan fingerprint density at radius 3 is 2.70 bits per heavy atom. The molecule has 0 spiro atoms. The second kappa shape index (κ2) is 10.8. The molecule has 4 heterocycles. The van der Waals surface area contributed by atoms with Crippen molar-refractivity contribution in [2.75, 3.05) is 48.5 Å². The number of halogens is 3. The summed E-state index contributed by atoms with van der Waals surface area (Å²) in [6, 6.07) is 4.24. The monoisotopic (exact) mass is 559 g/mol. The van der Waals surface area contributed by atoms with Crippen LogP contribution in [0, 0.1) is 0 Å². The van der Waals surface area contributed by atoms with Crippen LogP contribution in [0.1, 0.15) is 25.8 Å². The van der Waals surface area contributed by atoms with Gasteiger partial charge in [-0.2, -0.15) is 13.2 Å². The molecule has 3 aromatic rings. The summed E-state index contributed by atoms with van der Waals surface area (Å²) in [4.78, 5) is 33.8. The van der Waals surface area contributed by atoms with Crippen LogP contribution < -0.4 is 19.9 Å². The smallest absolute Gasteiger partial charge is 0.416 e. The first-order valence-electron chi connectivity index (χ1n) is 12.6. The standard InChI is InChI=1S/C26H28F3N7O4/c1-25(2)39-15-18(40-25)14-38-21-13-30-20(12-31-21)33-24(37)36-9-5-8-35(3)19-11-32-22(34-23(19)36)16-6-4-7-17(10-16)26(27,28)29/h4,6-7,10-13,18H,5,8-9,14-15H2,1-3H3,(H,30,33,37). The predicted molar refractivity (Wildman–Crippen MR) is 139 cm³/mol. The molecule has 0 aliphatic carbocycles. The molecular weight excluding hydrogens is 531 g/mol. The SMILES string of the molecule is CN1CCCN(C(=O)Nc2cnc(OCC3COC(C)(C)O3)cn2)c2nc(-c3cccc(C(F)(F)F)c3)ncc21. The van der Waals surface area contributed by atoms with Crippen LogP contribution in [0.25, 0.3) is 11.4 Å². The van der Waals surface area contributed by atoms with E-state index in [2.05, 4.69) is 25.3 Å². The van der Waals surface area contributed by atoms with Crippen molar-refractivity contribution in [2.45, 2.75) is 38.3 Å². The molecule has 11 nitrogen and oxygen atoms in total. The lowest BCUT2D eigenvalue weighted by molar-refractivity contribution is -0.141. The van der Waals surface area contributed by atoms with Gasteiger partial charge in [-0.1, -0.05) is 12.1 Å². The zero-order chi connectivity index (χ0) is 28.5. The highest BCUT2D eigenvalue weighted by atomic mass is 19.4. The Morgan fingerprint density at radius 1 is 1.18 bits per heavy atom. The molecule has 0 bridgehead atoms. The molecule has 2 aliphatic heterocycles. The number of amides is 2. The predicted octanol–water partition coefficient (Wildman–Crippen LogP) is 4.36. The molecule has 1 N–H and O–H groups in total. The normalized spacial score (nSPS) is 18.7. The average molecular weight is 560 g/mol. The topological polar surface area (TPSA) is 115 Å². The Balaban J connectivity index is 1.32. The minimum atomic E-state index is -4.51. The molecule has 1 saturated heterocycles. The van der Waals surface area contributed by atoms with Gasteiger partial charge in [0.2, 0.25) is 5.88 Å². The van der Waals surface area contributed by atoms with E-state index in [0.29, 0.717) is 31.8 Å². The van der Waals surface area contributed by atoms with Crippen molar-refractivity contribution < 1.29 is 32.2 Å². The molecule has 5 rings (SSSR count). The summed E-state index contributed by atoms with van der Waals surface area (Å²) in [7, 11) is 1.83. The van der Waals surface area contributed by atoms with E-state index in [1.807, 2.05) is 25.8 Å². The molecular formula is C26H28F3N7O4. The van der Waals surface area contributed by atoms with Crippen LogP contribution in [0.15, 0.2) is 42.9 Å². The van der Waals surface area contributed by atoms with E-state index in [1.165, 1.54) is 35.6 Å². The van der Waals surface area contributed by atoms with E-state index in [1.54, 1.807) is 0 Å². The van der Waals surface area contributed by atoms with E-state index >= 15 is 0 Å². The second-order valence-corrected chi connectivity index (χ2v) is 9.84. The highest BCUT2D eigenvalue weighted by molar-refractivity contribution is 6.02. The zero-order valence-corrected chi connectivity index (χ0v) is 22.1. The highest BCUT2D eigenvalue weighted by Gasteiger charge is 2.33. The maximum absolute atomic E-state index is 13.3. The number of nitrogens with one attached hydrogen (secondary N) is 1. The first kappa shape index (κ1) is 27.5. The van der Waals surface area contributed by atoms with Gasteiger partial charge in [0.15, 0.2) is 23.2 Å². The molecule has 1 unspecified atom stereocenters. The number of hydrogen-bond acceptors (Lipinski definition) is 9. The Hall–Kier alpha value is -4.04. The van der Waals surface area contributed by atoms with Gasteiger partial charge in [-0.3, -0.25) is 10.2 Å². The third kappa shape index (κ3) is 6.23. The number of carbonyl (C=O) groups is 1. The van der Waals surface area contributed by atoms with E-state index < -0.39 is 23.6 Å². The molecule has 1 fully saturated rings. The van der Waals surface area contributed by atoms with Crippen molar-refractivity contribution >= 4 is 23.4 Å². The number of alkyl halides is 3. The van der Waals surface area contributed by atoms with Gasteiger partial charge < -0.3 is 19.1 Å². The summed E-state index contributed by atoms with van der Waals surface area (Å²) >= 11 is 0. The number of rotatable bonds is 5. The Morgan fingerprint density at radius 2 is 2.00 bits per heavy atom. The number of fused-ring (bicyclic) bond motifs is 1. The molecule has 1 aromatic carbocycles. The summed E-state index contributed by atoms with van der Waals surface area (Å²) in [6.07, 6.45) is 0.138. The molecule has 2 amide bonds. The lowest BCUT2D eigenvalue weighted by Crippen LogP contribution is -2.36. The number of carbonyl (C=O) groups excluding carboxylic acids is 1. The summed E-state index contributed by atoms with van der Waals surface area (Å²) in [5.74, 6) is 0.124. The maximum Gasteiger partial charge on any atom is 0.416 e. The number of aromatic nitrogens is 4. The first-order valence-corrected chi connectivity index (χ1v) is 12.6. The Bertz CT molecular complexity index is 1370. The average Bonchev–Trinajstić information content (AvgIpc) is 3.18. The van der Waals surface area contributed by atoms with Gasteiger partial charge in [0.05, 0.1) is 36.4 Å². The third-order valence-corrected chi connectivity index (χ3v) is 6.33. The molecule has 0 saturated carbocycles. The van der Waals surface area contributed by atoms with Gasteiger partial charge >= 0.3 is 12.2 Å². The largest absolute Gasteiger partial charge is 0.474 e. The van der Waals surface area contributed by atoms with Crippen molar-refractivity contribution in [3.63, 3.8) is 0 Å². The van der Waals surface area contributed by atoms with Crippen LogP contribution in [0.4, 0.5) is 35.3 Å². The lowest BCUT2D eigenvalue weighted by Gasteiger charge is -2.23. The maximum atomic E-state index is 13.3. The number of benzene rings is 1. The van der Waals surface area contributed by atoms with Crippen LogP contribution >= 0.6 is 0 Å². The van der Waals surface area contributed by atoms with Crippen LogP contribution in [0.5, 0.6) is 5.88 Å². The van der Waals surface area contributed by atoms with Crippen LogP contribution in [0.2, 0.25) is 0 Å². The van der Waals surface area contributed by atoms with Crippen LogP contribution in [-0.2, 0) is 15.7 Å². The summed E-state index contributed by atoms with van der Waals surface area (Å²) in [5, 5.41) is 2.70. The molecule has 212 valence electrons. The minimum Gasteiger partial charge on any atom is -0.474 e. The number of anilines is 3. The summed E-state index contributed by atoms with van der Waals surface area (Å²) in [5.41, 5.74) is -0.0573. The third-order valence-electron chi connectivity index (χ3n) is 6.33. The van der Waals surface area contributed by atoms with E-state index in [4.69, 9.17) is 14.2 Å². The molecule has 0 radical (unpaired) electrons. The van der Waals surface area contributed by atoms with Gasteiger partial charge in [-0.05, 0) is 32.4 Å². The van der Waals surface area contributed by atoms with Crippen LogP contribution in [0.3, 0.4) is 0 Å². The fourth-order valence-electron chi connectivity index (χ4n) is 4.35. The summed E-state index contributed by atoms with van der Waals surface area (Å²) in [6.45, 7) is 5.22. The number of nitrogens with zero attached hydrogens (tertiary/aromatic N) is 6. The van der Waals surface area contributed by atoms with Crippen molar-refractivity contribution in [1.29, 1.82) is 0 Å². The lowest BCUT2D eigenvalue weighted by atomic mass is 10.1. The van der Waals surface area contributed by atoms with Gasteiger partial charge in [-0.15, -0.1) is 0 Å². The van der Waals surface area contributed by atoms with Crippen molar-refractivity contribution in [1.82, 2.24) is 19.9 Å². The van der Waals surface area contributed by atoms with E-state index in [9.17, 15) is 18.0 Å². The quantitative estimate of drug-likeness (QED) is 0.487. The van der Waals surface area contributed by atoms with Gasteiger partial charge in [0, 0.05) is 25.7 Å². The Kier molecular flexibility index (Phi) is 7.47. The van der Waals surface area contributed by atoms with Gasteiger partial charge in [-0.25, -0.2) is 24.7 Å².